The molecule has 0 aliphatic heterocycles. The zero-order valence-corrected chi connectivity index (χ0v) is 9.69. The molecule has 90 valence electrons. The van der Waals surface area contributed by atoms with Gasteiger partial charge in [0.25, 0.3) is 0 Å². The summed E-state index contributed by atoms with van der Waals surface area (Å²) in [5, 5.41) is 0. The lowest BCUT2D eigenvalue weighted by atomic mass is 10.3. The number of hydrogen-bond donors (Lipinski definition) is 3. The van der Waals surface area contributed by atoms with Gasteiger partial charge in [0.1, 0.15) is 0 Å². The average molecular weight is 262 g/mol. The second-order valence-corrected chi connectivity index (χ2v) is 5.12. The molecule has 0 aliphatic rings. The van der Waals surface area contributed by atoms with E-state index in [9.17, 15) is 9.13 Å². The molecule has 0 saturated heterocycles. The second kappa shape index (κ2) is 5.89. The maximum Gasteiger partial charge on any atom is 0.499 e. The van der Waals surface area contributed by atoms with Crippen molar-refractivity contribution in [2.45, 2.75) is 13.3 Å². The zero-order valence-electron chi connectivity index (χ0n) is 7.90. The Morgan fingerprint density at radius 3 is 2.20 bits per heavy atom. The minimum atomic E-state index is -4.97. The van der Waals surface area contributed by atoms with Crippen LogP contribution in [0.3, 0.4) is 0 Å². The van der Waals surface area contributed by atoms with Gasteiger partial charge in [0.05, 0.1) is 6.61 Å². The highest BCUT2D eigenvalue weighted by atomic mass is 31.2. The van der Waals surface area contributed by atoms with E-state index >= 15 is 0 Å². The molecule has 0 bridgehead atoms. The van der Waals surface area contributed by atoms with Crippen LogP contribution in [0.15, 0.2) is 12.2 Å². The molecule has 0 radical (unpaired) electrons. The summed E-state index contributed by atoms with van der Waals surface area (Å²) in [6.07, 6.45) is 0.309. The summed E-state index contributed by atoms with van der Waals surface area (Å²) in [4.78, 5) is 25.1. The Morgan fingerprint density at radius 1 is 1.27 bits per heavy atom. The van der Waals surface area contributed by atoms with Crippen LogP contribution in [-0.4, -0.2) is 21.3 Å². The molecule has 1 unspecified atom stereocenters. The Kier molecular flexibility index (Phi) is 5.87. The van der Waals surface area contributed by atoms with E-state index in [0.29, 0.717) is 12.0 Å². The molecule has 0 fully saturated rings. The lowest BCUT2D eigenvalue weighted by Crippen LogP contribution is -1.97. The van der Waals surface area contributed by atoms with Crippen molar-refractivity contribution in [3.05, 3.63) is 12.2 Å². The van der Waals surface area contributed by atoms with Crippen LogP contribution in [0.5, 0.6) is 0 Å². The summed E-state index contributed by atoms with van der Waals surface area (Å²) in [6.45, 7) is 5.02. The van der Waals surface area contributed by atoms with Crippen molar-refractivity contribution in [1.29, 1.82) is 0 Å². The van der Waals surface area contributed by atoms with E-state index < -0.39 is 15.6 Å². The summed E-state index contributed by atoms with van der Waals surface area (Å²) < 4.78 is 32.2. The molecule has 0 rings (SSSR count). The van der Waals surface area contributed by atoms with Crippen molar-refractivity contribution in [3.63, 3.8) is 0 Å². The predicted octanol–water partition coefficient (Wildman–Crippen LogP) is 1.11. The largest absolute Gasteiger partial charge is 0.499 e. The lowest BCUT2D eigenvalue weighted by molar-refractivity contribution is -0.146. The fourth-order valence-electron chi connectivity index (χ4n) is 0.442. The summed E-state index contributed by atoms with van der Waals surface area (Å²) >= 11 is 0. The highest BCUT2D eigenvalue weighted by Gasteiger charge is 2.28. The van der Waals surface area contributed by atoms with Crippen LogP contribution in [0.2, 0.25) is 0 Å². The van der Waals surface area contributed by atoms with E-state index in [4.69, 9.17) is 14.7 Å². The fraction of sp³-hybridized carbons (Fsp3) is 0.600. The van der Waals surface area contributed by atoms with Gasteiger partial charge in [-0.25, -0.2) is 9.13 Å². The fourth-order valence-corrected chi connectivity index (χ4v) is 1.49. The van der Waals surface area contributed by atoms with Crippen molar-refractivity contribution < 1.29 is 37.7 Å². The summed E-state index contributed by atoms with van der Waals surface area (Å²) in [5.41, 5.74) is 0.714. The third-order valence-corrected chi connectivity index (χ3v) is 2.17. The van der Waals surface area contributed by atoms with Crippen LogP contribution < -0.4 is 0 Å². The van der Waals surface area contributed by atoms with Crippen LogP contribution in [0.25, 0.3) is 0 Å². The SMILES string of the molecule is C=C(C)CCOP(=O)(O)OOP(=O)(O)O. The van der Waals surface area contributed by atoms with Crippen molar-refractivity contribution in [2.75, 3.05) is 6.61 Å². The smallest absolute Gasteiger partial charge is 0.301 e. The summed E-state index contributed by atoms with van der Waals surface area (Å²) in [7, 11) is -9.57. The molecule has 8 nitrogen and oxygen atoms in total. The van der Waals surface area contributed by atoms with E-state index in [-0.39, 0.29) is 6.61 Å². The minimum Gasteiger partial charge on any atom is -0.301 e. The first-order chi connectivity index (χ1) is 6.62. The quantitative estimate of drug-likeness (QED) is 0.270. The highest BCUT2D eigenvalue weighted by molar-refractivity contribution is 7.49. The molecule has 0 heterocycles. The van der Waals surface area contributed by atoms with Crippen LogP contribution in [0.4, 0.5) is 0 Å². The van der Waals surface area contributed by atoms with Gasteiger partial charge in [0.15, 0.2) is 0 Å². The number of phosphoric ester groups is 1. The van der Waals surface area contributed by atoms with Gasteiger partial charge in [-0.1, -0.05) is 5.57 Å². The van der Waals surface area contributed by atoms with Crippen molar-refractivity contribution in [2.24, 2.45) is 0 Å². The molecule has 1 atom stereocenters. The van der Waals surface area contributed by atoms with Gasteiger partial charge in [-0.3, -0.25) is 4.52 Å². The number of rotatable bonds is 7. The molecule has 0 aromatic heterocycles. The van der Waals surface area contributed by atoms with Crippen LogP contribution >= 0.6 is 15.6 Å². The molecule has 0 saturated carbocycles. The van der Waals surface area contributed by atoms with E-state index in [2.05, 4.69) is 20.5 Å². The Morgan fingerprint density at radius 2 is 1.80 bits per heavy atom. The molecular formula is C5H12O8P2. The van der Waals surface area contributed by atoms with E-state index in [0.717, 1.165) is 0 Å². The molecule has 0 aromatic carbocycles. The average Bonchev–Trinajstić information content (AvgIpc) is 1.99. The topological polar surface area (TPSA) is 123 Å². The zero-order chi connectivity index (χ0) is 12.1. The van der Waals surface area contributed by atoms with Gasteiger partial charge in [-0.2, -0.15) is 0 Å². The van der Waals surface area contributed by atoms with Crippen molar-refractivity contribution >= 4 is 15.6 Å². The number of hydrogen-bond acceptors (Lipinski definition) is 5. The Hall–Kier alpha value is -0.0400. The highest BCUT2D eigenvalue weighted by Crippen LogP contribution is 2.49. The summed E-state index contributed by atoms with van der Waals surface area (Å²) in [6, 6.07) is 0. The minimum absolute atomic E-state index is 0.173. The van der Waals surface area contributed by atoms with E-state index in [1.54, 1.807) is 6.92 Å². The molecule has 15 heavy (non-hydrogen) atoms. The van der Waals surface area contributed by atoms with Gasteiger partial charge in [-0.15, -0.1) is 15.9 Å². The van der Waals surface area contributed by atoms with Crippen molar-refractivity contribution in [1.82, 2.24) is 0 Å². The molecule has 0 amide bonds. The molecule has 0 aromatic rings. The van der Waals surface area contributed by atoms with Gasteiger partial charge in [-0.05, 0) is 13.3 Å². The number of phosphoric acid groups is 2. The van der Waals surface area contributed by atoms with E-state index in [1.165, 1.54) is 0 Å². The van der Waals surface area contributed by atoms with Crippen LogP contribution in [0, 0.1) is 0 Å². The Balaban J connectivity index is 3.93. The van der Waals surface area contributed by atoms with E-state index in [1.807, 2.05) is 0 Å². The Labute approximate surface area is 86.3 Å². The molecular weight excluding hydrogens is 250 g/mol. The summed E-state index contributed by atoms with van der Waals surface area (Å²) in [5.74, 6) is 0. The van der Waals surface area contributed by atoms with Crippen LogP contribution in [0.1, 0.15) is 13.3 Å². The first-order valence-corrected chi connectivity index (χ1v) is 6.70. The second-order valence-electron chi connectivity index (χ2n) is 2.65. The standard InChI is InChI=1S/C5H12O8P2/c1-5(2)3-4-11-15(9,10)13-12-14(6,7)8/h1,3-4H2,2H3,(H,9,10)(H2,6,7,8). The molecule has 0 aliphatic carbocycles. The first-order valence-electron chi connectivity index (χ1n) is 3.68. The third kappa shape index (κ3) is 10.2. The molecule has 0 spiro atoms. The lowest BCUT2D eigenvalue weighted by Gasteiger charge is -2.10. The van der Waals surface area contributed by atoms with Gasteiger partial charge in [0, 0.05) is 0 Å². The molecule has 10 heteroatoms. The Bertz CT molecular complexity index is 306. The third-order valence-electron chi connectivity index (χ3n) is 1.01. The first kappa shape index (κ1) is 15.0. The van der Waals surface area contributed by atoms with Gasteiger partial charge >= 0.3 is 15.6 Å². The maximum absolute atomic E-state index is 10.9. The van der Waals surface area contributed by atoms with Crippen molar-refractivity contribution in [3.8, 4) is 0 Å². The normalized spacial score (nSPS) is 16.0. The monoisotopic (exact) mass is 262 g/mol. The maximum atomic E-state index is 10.9. The molecule has 3 N–H and O–H groups in total. The predicted molar refractivity (Wildman–Crippen MR) is 49.4 cm³/mol. The van der Waals surface area contributed by atoms with Gasteiger partial charge < -0.3 is 14.7 Å². The van der Waals surface area contributed by atoms with Crippen LogP contribution in [-0.2, 0) is 23.0 Å². The van der Waals surface area contributed by atoms with Gasteiger partial charge in [0.2, 0.25) is 0 Å².